The Morgan fingerprint density at radius 2 is 1.54 bits per heavy atom. The molecule has 0 spiro atoms. The number of halogens is 1. The SMILES string of the molecule is Cc1cc(-c2ncnc3[nH]c(C(=O)NCCN4[C@@H](c5ncccc5C)CCC[C@H]4c4ncccc4C)cc23)ccc1CNC(=O)c1cccc(F)c1. The van der Waals surface area contributed by atoms with Gasteiger partial charge in [0.1, 0.15) is 23.5 Å². The molecule has 2 atom stereocenters. The summed E-state index contributed by atoms with van der Waals surface area (Å²) in [5.74, 6) is -1.03. The van der Waals surface area contributed by atoms with E-state index in [0.29, 0.717) is 30.1 Å². The van der Waals surface area contributed by atoms with E-state index < -0.39 is 5.82 Å². The van der Waals surface area contributed by atoms with E-state index in [-0.39, 0.29) is 36.0 Å². The normalized spacial score (nSPS) is 16.2. The molecule has 2 amide bonds. The summed E-state index contributed by atoms with van der Waals surface area (Å²) in [6.07, 6.45) is 8.24. The molecule has 4 aromatic heterocycles. The monoisotopic (exact) mass is 696 g/mol. The van der Waals surface area contributed by atoms with Gasteiger partial charge in [-0.3, -0.25) is 24.5 Å². The van der Waals surface area contributed by atoms with E-state index in [1.54, 1.807) is 12.1 Å². The number of carbonyl (C=O) groups is 2. The van der Waals surface area contributed by atoms with Crippen LogP contribution in [-0.4, -0.2) is 54.7 Å². The Hall–Kier alpha value is -5.81. The number of benzene rings is 2. The van der Waals surface area contributed by atoms with Crippen LogP contribution >= 0.6 is 0 Å². The minimum atomic E-state index is -0.457. The third-order valence-corrected chi connectivity index (χ3v) is 9.95. The molecule has 1 fully saturated rings. The molecular weight excluding hydrogens is 656 g/mol. The van der Waals surface area contributed by atoms with Gasteiger partial charge in [-0.25, -0.2) is 14.4 Å². The van der Waals surface area contributed by atoms with Gasteiger partial charge >= 0.3 is 0 Å². The van der Waals surface area contributed by atoms with Gasteiger partial charge in [0.2, 0.25) is 0 Å². The third-order valence-electron chi connectivity index (χ3n) is 9.95. The number of aromatic nitrogens is 5. The molecular formula is C41H41FN8O2. The number of rotatable bonds is 10. The van der Waals surface area contributed by atoms with Crippen LogP contribution in [-0.2, 0) is 6.54 Å². The van der Waals surface area contributed by atoms with Crippen molar-refractivity contribution in [3.05, 3.63) is 142 Å². The lowest BCUT2D eigenvalue weighted by Gasteiger charge is -2.42. The van der Waals surface area contributed by atoms with Gasteiger partial charge in [0.25, 0.3) is 11.8 Å². The van der Waals surface area contributed by atoms with Crippen molar-refractivity contribution in [2.75, 3.05) is 13.1 Å². The topological polar surface area (TPSA) is 129 Å². The second-order valence-corrected chi connectivity index (χ2v) is 13.4. The second kappa shape index (κ2) is 15.2. The first-order valence-electron chi connectivity index (χ1n) is 17.6. The number of hydrogen-bond acceptors (Lipinski definition) is 7. The number of aryl methyl sites for hydroxylation is 3. The maximum Gasteiger partial charge on any atom is 0.267 e. The predicted octanol–water partition coefficient (Wildman–Crippen LogP) is 7.11. The quantitative estimate of drug-likeness (QED) is 0.139. The fraction of sp³-hybridized carbons (Fsp3) is 0.268. The van der Waals surface area contributed by atoms with Crippen molar-refractivity contribution in [3.63, 3.8) is 0 Å². The summed E-state index contributed by atoms with van der Waals surface area (Å²) in [5, 5.41) is 6.73. The highest BCUT2D eigenvalue weighted by Gasteiger charge is 2.35. The van der Waals surface area contributed by atoms with E-state index in [0.717, 1.165) is 63.9 Å². The molecule has 1 aliphatic heterocycles. The molecule has 52 heavy (non-hydrogen) atoms. The Balaban J connectivity index is 1.06. The van der Waals surface area contributed by atoms with Crippen LogP contribution in [0.4, 0.5) is 4.39 Å². The number of H-pyrrole nitrogens is 1. The van der Waals surface area contributed by atoms with Crippen molar-refractivity contribution >= 4 is 22.8 Å². The number of pyridine rings is 2. The number of aromatic amines is 1. The molecule has 1 aliphatic rings. The molecule has 0 unspecified atom stereocenters. The van der Waals surface area contributed by atoms with Gasteiger partial charge in [0, 0.05) is 48.5 Å². The van der Waals surface area contributed by atoms with Gasteiger partial charge in [0.05, 0.1) is 29.2 Å². The zero-order chi connectivity index (χ0) is 36.2. The zero-order valence-electron chi connectivity index (χ0n) is 29.5. The number of likely N-dealkylation sites (tertiary alicyclic amines) is 1. The Labute approximate surface area is 302 Å². The summed E-state index contributed by atoms with van der Waals surface area (Å²) in [7, 11) is 0. The van der Waals surface area contributed by atoms with E-state index in [9.17, 15) is 14.0 Å². The van der Waals surface area contributed by atoms with Crippen LogP contribution in [0.25, 0.3) is 22.3 Å². The molecule has 6 aromatic rings. The molecule has 10 nitrogen and oxygen atoms in total. The molecule has 0 bridgehead atoms. The summed E-state index contributed by atoms with van der Waals surface area (Å²) in [4.78, 5) is 50.3. The average molecular weight is 697 g/mol. The summed E-state index contributed by atoms with van der Waals surface area (Å²) < 4.78 is 13.6. The maximum absolute atomic E-state index is 13.6. The highest BCUT2D eigenvalue weighted by Crippen LogP contribution is 2.41. The van der Waals surface area contributed by atoms with Gasteiger partial charge in [0.15, 0.2) is 0 Å². The van der Waals surface area contributed by atoms with Crippen LogP contribution in [0.15, 0.2) is 91.5 Å². The summed E-state index contributed by atoms with van der Waals surface area (Å²) in [5.41, 5.74) is 9.11. The number of nitrogens with one attached hydrogen (secondary N) is 3. The molecule has 0 saturated carbocycles. The van der Waals surface area contributed by atoms with Crippen molar-refractivity contribution in [3.8, 4) is 11.3 Å². The van der Waals surface area contributed by atoms with Gasteiger partial charge in [-0.2, -0.15) is 0 Å². The van der Waals surface area contributed by atoms with Crippen LogP contribution in [0.3, 0.4) is 0 Å². The van der Waals surface area contributed by atoms with Crippen LogP contribution in [0.2, 0.25) is 0 Å². The van der Waals surface area contributed by atoms with Crippen molar-refractivity contribution in [1.29, 1.82) is 0 Å². The molecule has 0 radical (unpaired) electrons. The zero-order valence-corrected chi connectivity index (χ0v) is 29.5. The smallest absolute Gasteiger partial charge is 0.267 e. The fourth-order valence-corrected chi connectivity index (χ4v) is 7.28. The summed E-state index contributed by atoms with van der Waals surface area (Å²) >= 11 is 0. The van der Waals surface area contributed by atoms with E-state index in [1.165, 1.54) is 24.5 Å². The highest BCUT2D eigenvalue weighted by atomic mass is 19.1. The number of piperidine rings is 1. The number of hydrogen-bond donors (Lipinski definition) is 3. The molecule has 5 heterocycles. The molecule has 7 rings (SSSR count). The molecule has 3 N–H and O–H groups in total. The minimum absolute atomic E-state index is 0.115. The van der Waals surface area contributed by atoms with Crippen LogP contribution in [0.1, 0.15) is 85.8 Å². The van der Waals surface area contributed by atoms with E-state index >= 15 is 0 Å². The third kappa shape index (κ3) is 7.31. The Morgan fingerprint density at radius 3 is 2.21 bits per heavy atom. The highest BCUT2D eigenvalue weighted by molar-refractivity contribution is 6.00. The van der Waals surface area contributed by atoms with Crippen LogP contribution < -0.4 is 10.6 Å². The molecule has 0 aliphatic carbocycles. The first-order chi connectivity index (χ1) is 25.3. The Bertz CT molecular complexity index is 2200. The van der Waals surface area contributed by atoms with Gasteiger partial charge in [-0.05, 0) is 105 Å². The lowest BCUT2D eigenvalue weighted by atomic mass is 9.89. The lowest BCUT2D eigenvalue weighted by molar-refractivity contribution is 0.0737. The standard InChI is InChI=1S/C41H41FN8O2/c1-25-8-6-16-43-36(25)34-12-5-13-35(37-26(2)9-7-17-44-37)50(34)19-18-45-41(52)33-22-32-38(47-24-48-39(32)49-33)28-14-15-30(27(3)20-28)23-46-40(51)29-10-4-11-31(42)21-29/h4,6-11,14-17,20-22,24,34-35H,5,12-13,18-19,23H2,1-3H3,(H,45,52)(H,46,51)(H,47,48,49)/t34-,35+. The molecule has 264 valence electrons. The summed E-state index contributed by atoms with van der Waals surface area (Å²) in [6.45, 7) is 7.54. The van der Waals surface area contributed by atoms with E-state index in [2.05, 4.69) is 56.5 Å². The number of amides is 2. The lowest BCUT2D eigenvalue weighted by Crippen LogP contribution is -2.42. The van der Waals surface area contributed by atoms with Crippen molar-refractivity contribution in [1.82, 2.24) is 40.5 Å². The maximum atomic E-state index is 13.6. The predicted molar refractivity (Wildman–Crippen MR) is 198 cm³/mol. The first kappa shape index (κ1) is 34.6. The number of nitrogens with zero attached hydrogens (tertiary/aromatic N) is 5. The van der Waals surface area contributed by atoms with Crippen LogP contribution in [0, 0.1) is 26.6 Å². The second-order valence-electron chi connectivity index (χ2n) is 13.4. The van der Waals surface area contributed by atoms with Crippen molar-refractivity contribution in [2.45, 2.75) is 58.7 Å². The van der Waals surface area contributed by atoms with Gasteiger partial charge < -0.3 is 15.6 Å². The van der Waals surface area contributed by atoms with Crippen molar-refractivity contribution < 1.29 is 14.0 Å². The molecule has 1 saturated heterocycles. The van der Waals surface area contributed by atoms with E-state index in [1.807, 2.05) is 49.6 Å². The fourth-order valence-electron chi connectivity index (χ4n) is 7.28. The molecule has 2 aromatic carbocycles. The van der Waals surface area contributed by atoms with Crippen molar-refractivity contribution in [2.24, 2.45) is 0 Å². The summed E-state index contributed by atoms with van der Waals surface area (Å²) in [6, 6.07) is 21.7. The number of fused-ring (bicyclic) bond motifs is 1. The molecule has 11 heteroatoms. The average Bonchev–Trinajstić information content (AvgIpc) is 3.60. The van der Waals surface area contributed by atoms with E-state index in [4.69, 9.17) is 9.97 Å². The van der Waals surface area contributed by atoms with Gasteiger partial charge in [-0.15, -0.1) is 0 Å². The number of carbonyl (C=O) groups excluding carboxylic acids is 2. The van der Waals surface area contributed by atoms with Crippen LogP contribution in [0.5, 0.6) is 0 Å². The largest absolute Gasteiger partial charge is 0.349 e. The Kier molecular flexibility index (Phi) is 10.1. The van der Waals surface area contributed by atoms with Gasteiger partial charge in [-0.1, -0.05) is 30.3 Å². The first-order valence-corrected chi connectivity index (χ1v) is 17.6. The Morgan fingerprint density at radius 1 is 0.808 bits per heavy atom. The minimum Gasteiger partial charge on any atom is -0.349 e.